The van der Waals surface area contributed by atoms with Gasteiger partial charge in [0.1, 0.15) is 0 Å². The van der Waals surface area contributed by atoms with E-state index in [2.05, 4.69) is 459 Å². The minimum absolute atomic E-state index is 0.0274. The van der Waals surface area contributed by atoms with Gasteiger partial charge in [0.2, 0.25) is 0 Å². The molecule has 0 unspecified atom stereocenters. The minimum Gasteiger partial charge on any atom is -0.0622 e. The maximum absolute atomic E-state index is 2.47. The van der Waals surface area contributed by atoms with E-state index >= 15 is 0 Å². The average molecular weight is 1580 g/mol. The van der Waals surface area contributed by atoms with Crippen molar-refractivity contribution >= 4 is 64.6 Å². The van der Waals surface area contributed by atoms with Gasteiger partial charge in [0.15, 0.2) is 0 Å². The quantitative estimate of drug-likeness (QED) is 0.133. The Morgan fingerprint density at radius 2 is 0.415 bits per heavy atom. The van der Waals surface area contributed by atoms with E-state index < -0.39 is 0 Å². The Balaban J connectivity index is 0.000000113. The molecule has 0 aliphatic heterocycles. The zero-order chi connectivity index (χ0) is 83.9. The fourth-order valence-electron chi connectivity index (χ4n) is 21.5. The summed E-state index contributed by atoms with van der Waals surface area (Å²) in [4.78, 5) is 0. The Hall–Kier alpha value is -14.0. The Labute approximate surface area is 724 Å². The van der Waals surface area contributed by atoms with Gasteiger partial charge in [0.05, 0.1) is 0 Å². The van der Waals surface area contributed by atoms with Crippen molar-refractivity contribution < 1.29 is 0 Å². The molecule has 0 spiro atoms. The monoisotopic (exact) mass is 1570 g/mol. The van der Waals surface area contributed by atoms with E-state index in [1.54, 1.807) is 0 Å². The number of fused-ring (bicyclic) bond motifs is 15. The van der Waals surface area contributed by atoms with Gasteiger partial charge in [-0.3, -0.25) is 0 Å². The molecule has 0 saturated heterocycles. The lowest BCUT2D eigenvalue weighted by Gasteiger charge is -2.23. The molecule has 3 aliphatic carbocycles. The summed E-state index contributed by atoms with van der Waals surface area (Å²) in [5.41, 5.74) is 45.0. The summed E-state index contributed by atoms with van der Waals surface area (Å²) in [6.07, 6.45) is 0. The van der Waals surface area contributed by atoms with Gasteiger partial charge in [0.25, 0.3) is 0 Å². The number of hydrogen-bond donors (Lipinski definition) is 0. The van der Waals surface area contributed by atoms with Crippen LogP contribution in [-0.4, -0.2) is 0 Å². The summed E-state index contributed by atoms with van der Waals surface area (Å²) >= 11 is 0. The van der Waals surface area contributed by atoms with Crippen molar-refractivity contribution in [2.75, 3.05) is 0 Å². The summed E-state index contributed by atoms with van der Waals surface area (Å²) in [7, 11) is 0. The molecule has 0 radical (unpaired) electrons. The highest BCUT2D eigenvalue weighted by molar-refractivity contribution is 6.25. The minimum atomic E-state index is -0.0436. The first-order valence-electron chi connectivity index (χ1n) is 43.8. The molecule has 0 N–H and O–H groups in total. The average Bonchev–Trinajstić information content (AvgIpc) is 1.69. The van der Waals surface area contributed by atoms with Crippen molar-refractivity contribution in [2.24, 2.45) is 0 Å². The lowest BCUT2D eigenvalue weighted by atomic mass is 9.80. The molecule has 0 fully saturated rings. The van der Waals surface area contributed by atoms with Crippen LogP contribution in [-0.2, 0) is 16.2 Å². The van der Waals surface area contributed by atoms with Crippen LogP contribution < -0.4 is 0 Å². The molecule has 123 heavy (non-hydrogen) atoms. The number of aryl methyl sites for hydroxylation is 5. The molecule has 20 aromatic rings. The van der Waals surface area contributed by atoms with Crippen LogP contribution in [0.15, 0.2) is 376 Å². The van der Waals surface area contributed by atoms with E-state index in [4.69, 9.17) is 0 Å². The van der Waals surface area contributed by atoms with Crippen molar-refractivity contribution in [1.29, 1.82) is 0 Å². The van der Waals surface area contributed by atoms with E-state index in [0.29, 0.717) is 0 Å². The van der Waals surface area contributed by atoms with Crippen molar-refractivity contribution in [1.82, 2.24) is 0 Å². The van der Waals surface area contributed by atoms with Gasteiger partial charge >= 0.3 is 0 Å². The van der Waals surface area contributed by atoms with Crippen LogP contribution in [0, 0.1) is 41.5 Å². The van der Waals surface area contributed by atoms with Crippen molar-refractivity contribution in [3.63, 3.8) is 0 Å². The molecule has 590 valence electrons. The van der Waals surface area contributed by atoms with Crippen molar-refractivity contribution in [2.45, 2.75) is 99.3 Å². The molecule has 0 bridgehead atoms. The van der Waals surface area contributed by atoms with Gasteiger partial charge in [-0.2, -0.15) is 0 Å². The van der Waals surface area contributed by atoms with Crippen LogP contribution in [0.4, 0.5) is 0 Å². The summed E-state index contributed by atoms with van der Waals surface area (Å²) < 4.78 is 0. The molecule has 0 saturated carbocycles. The third-order valence-corrected chi connectivity index (χ3v) is 27.9. The lowest BCUT2D eigenvalue weighted by Crippen LogP contribution is -2.14. The fourth-order valence-corrected chi connectivity index (χ4v) is 21.5. The van der Waals surface area contributed by atoms with Crippen LogP contribution in [0.25, 0.3) is 187 Å². The van der Waals surface area contributed by atoms with E-state index in [-0.39, 0.29) is 16.2 Å². The van der Waals surface area contributed by atoms with Crippen molar-refractivity contribution in [3.8, 4) is 122 Å². The third-order valence-electron chi connectivity index (χ3n) is 27.9. The van der Waals surface area contributed by atoms with Gasteiger partial charge in [-0.25, -0.2) is 0 Å². The zero-order valence-electron chi connectivity index (χ0n) is 72.3. The van der Waals surface area contributed by atoms with Crippen LogP contribution in [0.5, 0.6) is 0 Å². The first-order chi connectivity index (χ1) is 59.8. The summed E-state index contributed by atoms with van der Waals surface area (Å²) in [6, 6.07) is 140. The van der Waals surface area contributed by atoms with E-state index in [1.807, 2.05) is 0 Å². The molecule has 0 amide bonds. The molecular weight excluding hydrogens is 1480 g/mol. The Kier molecular flexibility index (Phi) is 18.4. The topological polar surface area (TPSA) is 0 Å². The predicted molar refractivity (Wildman–Crippen MR) is 529 cm³/mol. The Morgan fingerprint density at radius 1 is 0.146 bits per heavy atom. The molecule has 20 aromatic carbocycles. The van der Waals surface area contributed by atoms with Crippen LogP contribution in [0.1, 0.15) is 108 Å². The van der Waals surface area contributed by atoms with Crippen LogP contribution in [0.3, 0.4) is 0 Å². The highest BCUT2D eigenvalue weighted by atomic mass is 14.4. The second-order valence-corrected chi connectivity index (χ2v) is 36.4. The van der Waals surface area contributed by atoms with Gasteiger partial charge < -0.3 is 0 Å². The molecule has 0 heterocycles. The molecular formula is C123H98. The molecule has 23 rings (SSSR count). The fraction of sp³-hybridized carbons (Fsp3) is 0.122. The highest BCUT2D eigenvalue weighted by Crippen LogP contribution is 2.57. The van der Waals surface area contributed by atoms with Crippen LogP contribution >= 0.6 is 0 Å². The largest absolute Gasteiger partial charge is 0.0622 e. The second kappa shape index (κ2) is 29.7. The van der Waals surface area contributed by atoms with E-state index in [9.17, 15) is 0 Å². The predicted octanol–water partition coefficient (Wildman–Crippen LogP) is 34.1. The van der Waals surface area contributed by atoms with Crippen LogP contribution in [0.2, 0.25) is 0 Å². The van der Waals surface area contributed by atoms with E-state index in [0.717, 1.165) is 0 Å². The Morgan fingerprint density at radius 3 is 0.805 bits per heavy atom. The third kappa shape index (κ3) is 12.5. The van der Waals surface area contributed by atoms with Gasteiger partial charge in [-0.1, -0.05) is 410 Å². The van der Waals surface area contributed by atoms with Gasteiger partial charge in [-0.05, 0) is 303 Å². The first kappa shape index (κ1) is 76.4. The summed E-state index contributed by atoms with van der Waals surface area (Å²) in [6.45, 7) is 27.5. The standard InChI is InChI=1S/2C42H32.C39H34/c1-27-21-23-36-37(25-27)40(29-22-24-32-31-16-11-12-20-38(31)42(2,3)39(32)26-29)34-18-9-10-19-35(34)41(36)33-17-8-7-15-30(33)28-13-5-4-6-14-28;1-27-20-22-36-37(24-27)41(31-21-23-33-32-16-9-10-19-38(32)42(2,3)39(33)26-31)35-18-8-7-17-34(35)40(36)30-15-11-14-29(25-30)28-12-5-4-6-13-28;1-23-15-17-33-34(19-23)37(27-16-18-30-29-11-9-10-14-35(29)39(5,6)36(30)22-27)31-12-7-8-13-32(31)38(33)28-20-24(2)26(4)25(3)21-28/h2*4-26H,1-3H3;7-22H,1-6H3. The maximum Gasteiger partial charge on any atom is 0.0159 e. The smallest absolute Gasteiger partial charge is 0.0159 e. The SMILES string of the molecule is Cc1ccc2c(-c3cc(C)c(C)c(C)c3)c3ccccc3c(-c3ccc4c(c3)C(C)(C)c3ccccc3-4)c2c1.Cc1ccc2c(-c3cccc(-c4ccccc4)c3)c3ccccc3c(-c3ccc4c(c3)C(C)(C)c3ccccc3-4)c2c1.Cc1ccc2c(-c3ccccc3-c3ccccc3)c3ccccc3c(-c3ccc4c(c3)C(C)(C)c3ccccc3-4)c2c1. The van der Waals surface area contributed by atoms with Crippen molar-refractivity contribution in [3.05, 3.63) is 443 Å². The summed E-state index contributed by atoms with van der Waals surface area (Å²) in [5, 5.41) is 15.6. The molecule has 0 nitrogen and oxygen atoms in total. The molecule has 0 atom stereocenters. The molecule has 0 aromatic heterocycles. The lowest BCUT2D eigenvalue weighted by molar-refractivity contribution is 0.660. The van der Waals surface area contributed by atoms with Gasteiger partial charge in [0, 0.05) is 16.2 Å². The van der Waals surface area contributed by atoms with Gasteiger partial charge in [-0.15, -0.1) is 0 Å². The summed E-state index contributed by atoms with van der Waals surface area (Å²) in [5.74, 6) is 0. The normalized spacial score (nSPS) is 13.4. The number of hydrogen-bond acceptors (Lipinski definition) is 0. The highest BCUT2D eigenvalue weighted by Gasteiger charge is 2.39. The maximum atomic E-state index is 2.47. The molecule has 0 heteroatoms. The number of benzene rings is 20. The Bertz CT molecular complexity index is 7720. The molecule has 3 aliphatic rings. The zero-order valence-corrected chi connectivity index (χ0v) is 72.3. The first-order valence-corrected chi connectivity index (χ1v) is 43.8. The number of rotatable bonds is 8. The second-order valence-electron chi connectivity index (χ2n) is 36.4. The van der Waals surface area contributed by atoms with E-state index in [1.165, 1.54) is 254 Å².